The molecule has 7 heteroatoms. The van der Waals surface area contributed by atoms with Crippen molar-refractivity contribution in [3.63, 3.8) is 0 Å². The van der Waals surface area contributed by atoms with Crippen molar-refractivity contribution in [1.29, 1.82) is 0 Å². The number of fused-ring (bicyclic) bond motifs is 1. The highest BCUT2D eigenvalue weighted by atomic mass is 19.1. The van der Waals surface area contributed by atoms with Crippen LogP contribution in [0, 0.1) is 18.7 Å². The molecule has 1 heterocycles. The fourth-order valence-electron chi connectivity index (χ4n) is 3.06. The number of ether oxygens (including phenoxy) is 1. The zero-order valence-electron chi connectivity index (χ0n) is 14.7. The Kier molecular flexibility index (Phi) is 4.14. The smallest absolute Gasteiger partial charge is 0.340 e. The van der Waals surface area contributed by atoms with Crippen molar-refractivity contribution in [2.45, 2.75) is 19.8 Å². The lowest BCUT2D eigenvalue weighted by atomic mass is 10.0. The second-order valence-electron chi connectivity index (χ2n) is 6.84. The Bertz CT molecular complexity index is 1070. The van der Waals surface area contributed by atoms with Gasteiger partial charge in [0.15, 0.2) is 0 Å². The topological polar surface area (TPSA) is 87.2 Å². The summed E-state index contributed by atoms with van der Waals surface area (Å²) < 4.78 is 20.1. The molecule has 2 aromatic carbocycles. The van der Waals surface area contributed by atoms with Crippen molar-refractivity contribution in [1.82, 2.24) is 9.78 Å². The predicted octanol–water partition coefficient (Wildman–Crippen LogP) is 3.64. The van der Waals surface area contributed by atoms with E-state index in [0.717, 1.165) is 17.5 Å². The number of hydrogen-bond acceptors (Lipinski definition) is 4. The van der Waals surface area contributed by atoms with Gasteiger partial charge in [-0.15, -0.1) is 0 Å². The molecular weight excluding hydrogens is 349 g/mol. The summed E-state index contributed by atoms with van der Waals surface area (Å²) in [5.41, 5.74) is 7.79. The van der Waals surface area contributed by atoms with Gasteiger partial charge in [-0.3, -0.25) is 0 Å². The number of primary amides is 1. The number of aryl methyl sites for hydroxylation is 1. The Morgan fingerprint density at radius 1 is 1.30 bits per heavy atom. The molecule has 1 amide bonds. The molecule has 0 radical (unpaired) electrons. The van der Waals surface area contributed by atoms with Crippen LogP contribution in [0.15, 0.2) is 36.4 Å². The number of benzene rings is 2. The van der Waals surface area contributed by atoms with Crippen LogP contribution in [-0.2, 0) is 4.74 Å². The maximum absolute atomic E-state index is 13.7. The summed E-state index contributed by atoms with van der Waals surface area (Å²) in [7, 11) is 0. The Balaban J connectivity index is 1.85. The van der Waals surface area contributed by atoms with Gasteiger partial charge in [0.1, 0.15) is 11.5 Å². The first-order chi connectivity index (χ1) is 12.9. The second kappa shape index (κ2) is 6.50. The monoisotopic (exact) mass is 367 g/mol. The third-order valence-corrected chi connectivity index (χ3v) is 4.70. The highest BCUT2D eigenvalue weighted by molar-refractivity contribution is 6.03. The highest BCUT2D eigenvalue weighted by Crippen LogP contribution is 2.32. The van der Waals surface area contributed by atoms with Crippen LogP contribution >= 0.6 is 0 Å². The van der Waals surface area contributed by atoms with Crippen LogP contribution in [0.5, 0.6) is 0 Å². The third-order valence-electron chi connectivity index (χ3n) is 4.70. The molecule has 0 bridgehead atoms. The summed E-state index contributed by atoms with van der Waals surface area (Å²) >= 11 is 0. The van der Waals surface area contributed by atoms with Crippen LogP contribution in [0.4, 0.5) is 9.18 Å². The van der Waals surface area contributed by atoms with Gasteiger partial charge >= 0.3 is 12.0 Å². The van der Waals surface area contributed by atoms with E-state index in [1.165, 1.54) is 12.1 Å². The van der Waals surface area contributed by atoms with Crippen LogP contribution in [0.2, 0.25) is 0 Å². The fraction of sp³-hybridized carbons (Fsp3) is 0.250. The minimum atomic E-state index is -0.758. The molecule has 1 aliphatic rings. The van der Waals surface area contributed by atoms with Gasteiger partial charge in [-0.25, -0.2) is 14.0 Å². The fourth-order valence-corrected chi connectivity index (χ4v) is 3.06. The molecule has 0 atom stereocenters. The first-order valence-corrected chi connectivity index (χ1v) is 8.70. The average molecular weight is 367 g/mol. The van der Waals surface area contributed by atoms with Crippen LogP contribution in [0.1, 0.15) is 28.8 Å². The summed E-state index contributed by atoms with van der Waals surface area (Å²) in [5.74, 6) is -0.387. The van der Waals surface area contributed by atoms with Crippen molar-refractivity contribution in [2.75, 3.05) is 6.61 Å². The van der Waals surface area contributed by atoms with Crippen LogP contribution in [-0.4, -0.2) is 28.4 Å². The van der Waals surface area contributed by atoms with E-state index in [2.05, 4.69) is 5.10 Å². The van der Waals surface area contributed by atoms with Crippen LogP contribution < -0.4 is 5.73 Å². The SMILES string of the molecule is Cc1cc2c(cc1C(=O)OCC1CC1)c(-c1cccc(F)c1)nn2C(N)=O. The molecule has 138 valence electrons. The van der Waals surface area contributed by atoms with Gasteiger partial charge in [-0.1, -0.05) is 12.1 Å². The molecule has 2 N–H and O–H groups in total. The Hall–Kier alpha value is -3.22. The van der Waals surface area contributed by atoms with E-state index in [-0.39, 0.29) is 0 Å². The number of carbonyl (C=O) groups is 2. The van der Waals surface area contributed by atoms with E-state index in [1.54, 1.807) is 31.2 Å². The molecule has 6 nitrogen and oxygen atoms in total. The molecule has 3 aromatic rings. The Morgan fingerprint density at radius 3 is 2.74 bits per heavy atom. The maximum Gasteiger partial charge on any atom is 0.340 e. The van der Waals surface area contributed by atoms with Crippen LogP contribution in [0.25, 0.3) is 22.2 Å². The number of nitrogens with zero attached hydrogens (tertiary/aromatic N) is 2. The zero-order chi connectivity index (χ0) is 19.1. The lowest BCUT2D eigenvalue weighted by molar-refractivity contribution is 0.0485. The number of carbonyl (C=O) groups excluding carboxylic acids is 2. The van der Waals surface area contributed by atoms with Crippen molar-refractivity contribution >= 4 is 22.9 Å². The summed E-state index contributed by atoms with van der Waals surface area (Å²) in [6, 6.07) is 8.42. The lowest BCUT2D eigenvalue weighted by Crippen LogP contribution is -2.20. The molecule has 0 unspecified atom stereocenters. The number of aromatic nitrogens is 2. The molecule has 1 aromatic heterocycles. The number of hydrogen-bond donors (Lipinski definition) is 1. The summed E-state index contributed by atoms with van der Waals surface area (Å²) in [4.78, 5) is 24.3. The number of rotatable bonds is 4. The molecule has 27 heavy (non-hydrogen) atoms. The molecule has 0 spiro atoms. The van der Waals surface area contributed by atoms with E-state index < -0.39 is 17.8 Å². The quantitative estimate of drug-likeness (QED) is 0.713. The standard InChI is InChI=1S/C20H18FN3O3/c1-11-7-17-16(9-15(11)19(25)27-10-12-5-6-12)18(23-24(17)20(22)26)13-3-2-4-14(21)8-13/h2-4,7-9,12H,5-6,10H2,1H3,(H2,22,26). The summed E-state index contributed by atoms with van der Waals surface area (Å²) in [5, 5.41) is 4.78. The van der Waals surface area contributed by atoms with Gasteiger partial charge in [-0.2, -0.15) is 9.78 Å². The normalized spacial score (nSPS) is 13.7. The lowest BCUT2D eigenvalue weighted by Gasteiger charge is -2.08. The number of esters is 1. The molecule has 0 aliphatic heterocycles. The van der Waals surface area contributed by atoms with Crippen LogP contribution in [0.3, 0.4) is 0 Å². The van der Waals surface area contributed by atoms with E-state index in [9.17, 15) is 14.0 Å². The second-order valence-corrected chi connectivity index (χ2v) is 6.84. The van der Waals surface area contributed by atoms with Crippen molar-refractivity contribution in [3.8, 4) is 11.3 Å². The Labute approximate surface area is 154 Å². The van der Waals surface area contributed by atoms with Crippen molar-refractivity contribution < 1.29 is 18.7 Å². The van der Waals surface area contributed by atoms with Gasteiger partial charge in [0, 0.05) is 10.9 Å². The predicted molar refractivity (Wildman–Crippen MR) is 97.9 cm³/mol. The maximum atomic E-state index is 13.7. The number of nitrogens with two attached hydrogens (primary N) is 1. The van der Waals surface area contributed by atoms with E-state index >= 15 is 0 Å². The number of amides is 1. The first kappa shape index (κ1) is 17.2. The van der Waals surface area contributed by atoms with Gasteiger partial charge in [-0.05, 0) is 55.5 Å². The van der Waals surface area contributed by atoms with E-state index in [1.807, 2.05) is 0 Å². The average Bonchev–Trinajstić information content (AvgIpc) is 3.38. The van der Waals surface area contributed by atoms with Gasteiger partial charge in [0.25, 0.3) is 0 Å². The number of halogens is 1. The van der Waals surface area contributed by atoms with Crippen molar-refractivity contribution in [2.24, 2.45) is 11.7 Å². The summed E-state index contributed by atoms with van der Waals surface area (Å²) in [6.45, 7) is 2.17. The molecule has 1 fully saturated rings. The van der Waals surface area contributed by atoms with Gasteiger partial charge in [0.2, 0.25) is 0 Å². The van der Waals surface area contributed by atoms with Crippen molar-refractivity contribution in [3.05, 3.63) is 53.3 Å². The Morgan fingerprint density at radius 2 is 2.07 bits per heavy atom. The van der Waals surface area contributed by atoms with E-state index in [0.29, 0.717) is 45.8 Å². The third kappa shape index (κ3) is 3.28. The largest absolute Gasteiger partial charge is 0.462 e. The zero-order valence-corrected chi connectivity index (χ0v) is 14.7. The minimum absolute atomic E-state index is 0.375. The van der Waals surface area contributed by atoms with E-state index in [4.69, 9.17) is 10.5 Å². The molecule has 1 saturated carbocycles. The molecule has 0 saturated heterocycles. The first-order valence-electron chi connectivity index (χ1n) is 8.70. The molecular formula is C20H18FN3O3. The molecule has 1 aliphatic carbocycles. The van der Waals surface area contributed by atoms with Gasteiger partial charge in [0.05, 0.1) is 17.7 Å². The summed E-state index contributed by atoms with van der Waals surface area (Å²) in [6.07, 6.45) is 2.17. The minimum Gasteiger partial charge on any atom is -0.462 e. The van der Waals surface area contributed by atoms with Gasteiger partial charge < -0.3 is 10.5 Å². The molecule has 4 rings (SSSR count). The highest BCUT2D eigenvalue weighted by Gasteiger charge is 2.25.